The standard InChI is InChI=1S/C76H126N2/c1-7-13-19-22-24-26-28-30-32-34-36-38-40-42-44-46-48-50-52-57-69-63-61-67(55-16-10-4)65-73(69)75-71(59-18-12-6)72(60-54-21-15-9-3)76(78(75)77)74-66-68(56-17-11-5)62-64-70(74)58-53-51-49-47-45-43-41-39-37-35-33-31-29-27-25-23-20-14-8-2/h48-51,54,60-66H,7-47,52-53,55-59H2,1-6H3. The molecule has 1 aliphatic heterocycles. The lowest BCUT2D eigenvalue weighted by Crippen LogP contribution is -2.08. The molecule has 0 unspecified atom stereocenters. The molecule has 0 bridgehead atoms. The minimum Gasteiger partial charge on any atom is -0.493 e. The Bertz CT molecular complexity index is 1950. The molecule has 0 radical (unpaired) electrons. The van der Waals surface area contributed by atoms with Gasteiger partial charge in [0, 0.05) is 11.1 Å². The summed E-state index contributed by atoms with van der Waals surface area (Å²) >= 11 is 0. The molecule has 78 heavy (non-hydrogen) atoms. The maximum absolute atomic E-state index is 13.1. The lowest BCUT2D eigenvalue weighted by molar-refractivity contribution is -0.345. The molecule has 440 valence electrons. The van der Waals surface area contributed by atoms with Crippen LogP contribution in [0, 0.1) is 0 Å². The van der Waals surface area contributed by atoms with Crippen LogP contribution in [-0.4, -0.2) is 4.70 Å². The highest BCUT2D eigenvalue weighted by Gasteiger charge is 2.36. The number of unbranched alkanes of at least 4 members (excludes halogenated alkanes) is 35. The van der Waals surface area contributed by atoms with E-state index in [1.807, 2.05) is 0 Å². The van der Waals surface area contributed by atoms with Gasteiger partial charge in [-0.2, -0.15) is 0 Å². The van der Waals surface area contributed by atoms with Crippen molar-refractivity contribution in [3.63, 3.8) is 0 Å². The Kier molecular flexibility index (Phi) is 42.9. The van der Waals surface area contributed by atoms with Crippen LogP contribution in [0.4, 0.5) is 0 Å². The second-order valence-corrected chi connectivity index (χ2v) is 24.2. The fourth-order valence-electron chi connectivity index (χ4n) is 11.9. The van der Waals surface area contributed by atoms with Gasteiger partial charge in [0.15, 0.2) is 0 Å². The van der Waals surface area contributed by atoms with Gasteiger partial charge in [-0.05, 0) is 131 Å². The van der Waals surface area contributed by atoms with Crippen LogP contribution < -0.4 is 0 Å². The second-order valence-electron chi connectivity index (χ2n) is 24.2. The average Bonchev–Trinajstić information content (AvgIpc) is 3.81. The molecule has 2 heteroatoms. The number of hydrogen-bond donors (Lipinski definition) is 0. The Balaban J connectivity index is 1.71. The van der Waals surface area contributed by atoms with Gasteiger partial charge in [0.25, 0.3) is 0 Å². The number of benzene rings is 2. The van der Waals surface area contributed by atoms with E-state index in [2.05, 4.69) is 114 Å². The van der Waals surface area contributed by atoms with Crippen LogP contribution in [0.5, 0.6) is 0 Å². The number of nitrogens with zero attached hydrogens (tertiary/aromatic N) is 2. The molecule has 2 nitrogen and oxygen atoms in total. The van der Waals surface area contributed by atoms with Crippen LogP contribution >= 0.6 is 0 Å². The van der Waals surface area contributed by atoms with Gasteiger partial charge in [-0.1, -0.05) is 314 Å². The lowest BCUT2D eigenvalue weighted by Gasteiger charge is -2.17. The van der Waals surface area contributed by atoms with Crippen molar-refractivity contribution in [2.45, 2.75) is 350 Å². The summed E-state index contributed by atoms with van der Waals surface area (Å²) in [5.41, 5.74) is 25.7. The molecule has 0 aliphatic carbocycles. The van der Waals surface area contributed by atoms with Crippen LogP contribution in [-0.2, 0) is 25.7 Å². The quantitative estimate of drug-likeness (QED) is 0.0358. The average molecular weight is 1070 g/mol. The Morgan fingerprint density at radius 1 is 0.308 bits per heavy atom. The maximum atomic E-state index is 13.1. The predicted molar refractivity (Wildman–Crippen MR) is 350 cm³/mol. The van der Waals surface area contributed by atoms with E-state index in [1.54, 1.807) is 4.70 Å². The van der Waals surface area contributed by atoms with Gasteiger partial charge in [-0.3, -0.25) is 0 Å². The first kappa shape index (κ1) is 69.0. The van der Waals surface area contributed by atoms with E-state index in [0.29, 0.717) is 0 Å². The van der Waals surface area contributed by atoms with Crippen LogP contribution in [0.3, 0.4) is 0 Å². The van der Waals surface area contributed by atoms with Gasteiger partial charge in [-0.25, -0.2) is 4.70 Å². The molecule has 3 rings (SSSR count). The lowest BCUT2D eigenvalue weighted by atomic mass is 9.90. The molecule has 1 heterocycles. The smallest absolute Gasteiger partial charge is 0.215 e. The van der Waals surface area contributed by atoms with Gasteiger partial charge in [0.2, 0.25) is 11.4 Å². The van der Waals surface area contributed by atoms with Gasteiger partial charge in [0.05, 0.1) is 11.1 Å². The van der Waals surface area contributed by atoms with Gasteiger partial charge in [0.1, 0.15) is 0 Å². The summed E-state index contributed by atoms with van der Waals surface area (Å²) < 4.78 is 1.69. The van der Waals surface area contributed by atoms with Crippen molar-refractivity contribution in [3.8, 4) is 0 Å². The molecule has 0 amide bonds. The van der Waals surface area contributed by atoms with Gasteiger partial charge < -0.3 is 5.53 Å². The van der Waals surface area contributed by atoms with Crippen molar-refractivity contribution < 1.29 is 4.70 Å². The molecule has 2 aromatic rings. The summed E-state index contributed by atoms with van der Waals surface area (Å²) in [5, 5.41) is 0. The summed E-state index contributed by atoms with van der Waals surface area (Å²) in [7, 11) is 0. The predicted octanol–water partition coefficient (Wildman–Crippen LogP) is 26.0. The van der Waals surface area contributed by atoms with Crippen LogP contribution in [0.2, 0.25) is 0 Å². The second kappa shape index (κ2) is 48.4. The molecule has 0 N–H and O–H groups in total. The number of rotatable bonds is 53. The minimum absolute atomic E-state index is 0.963. The van der Waals surface area contributed by atoms with E-state index >= 15 is 0 Å². The number of aryl methyl sites for hydroxylation is 4. The van der Waals surface area contributed by atoms with E-state index in [0.717, 1.165) is 75.6 Å². The van der Waals surface area contributed by atoms with E-state index in [1.165, 1.54) is 289 Å². The normalized spacial score (nSPS) is 13.2. The molecule has 0 spiro atoms. The molecular weight excluding hydrogens is 941 g/mol. The summed E-state index contributed by atoms with van der Waals surface area (Å²) in [6.07, 6.45) is 76.9. The third-order valence-corrected chi connectivity index (χ3v) is 17.0. The summed E-state index contributed by atoms with van der Waals surface area (Å²) in [5.74, 6) is 0. The highest BCUT2D eigenvalue weighted by molar-refractivity contribution is 5.86. The van der Waals surface area contributed by atoms with Crippen molar-refractivity contribution in [2.75, 3.05) is 0 Å². The summed E-state index contributed by atoms with van der Waals surface area (Å²) in [4.78, 5) is 0. The fraction of sp³-hybridized carbons (Fsp3) is 0.711. The van der Waals surface area contributed by atoms with E-state index in [9.17, 15) is 5.53 Å². The van der Waals surface area contributed by atoms with Crippen LogP contribution in [0.25, 0.3) is 16.9 Å². The Morgan fingerprint density at radius 2 is 0.628 bits per heavy atom. The summed E-state index contributed by atoms with van der Waals surface area (Å²) in [6.45, 7) is 13.8. The molecule has 0 saturated heterocycles. The highest BCUT2D eigenvalue weighted by Crippen LogP contribution is 2.45. The number of hydrogen-bond acceptors (Lipinski definition) is 0. The zero-order chi connectivity index (χ0) is 55.8. The Hall–Kier alpha value is -3.26. The zero-order valence-corrected chi connectivity index (χ0v) is 52.8. The fourth-order valence-corrected chi connectivity index (χ4v) is 11.9. The molecule has 0 saturated carbocycles. The van der Waals surface area contributed by atoms with Crippen molar-refractivity contribution in [1.82, 2.24) is 0 Å². The first-order chi connectivity index (χ1) is 38.5. The number of allylic oxidation sites excluding steroid dienone is 8. The molecular formula is C76H126N2. The third-order valence-electron chi connectivity index (χ3n) is 17.0. The minimum atomic E-state index is 0.963. The Labute approximate surface area is 486 Å². The largest absolute Gasteiger partial charge is 0.493 e. The molecule has 0 atom stereocenters. The maximum Gasteiger partial charge on any atom is 0.215 e. The van der Waals surface area contributed by atoms with Gasteiger partial charge >= 0.3 is 0 Å². The van der Waals surface area contributed by atoms with Crippen LogP contribution in [0.1, 0.15) is 357 Å². The van der Waals surface area contributed by atoms with E-state index in [-0.39, 0.29) is 0 Å². The third kappa shape index (κ3) is 30.5. The first-order valence-electron chi connectivity index (χ1n) is 34.7. The Morgan fingerprint density at radius 3 is 1.01 bits per heavy atom. The molecule has 0 fully saturated rings. The van der Waals surface area contributed by atoms with E-state index in [4.69, 9.17) is 0 Å². The van der Waals surface area contributed by atoms with Crippen molar-refractivity contribution in [3.05, 3.63) is 123 Å². The van der Waals surface area contributed by atoms with Crippen LogP contribution in [0.15, 0.2) is 84.0 Å². The molecule has 0 aromatic heterocycles. The highest BCUT2D eigenvalue weighted by atomic mass is 15.2. The van der Waals surface area contributed by atoms with Gasteiger partial charge in [-0.15, -0.1) is 0 Å². The molecule has 1 aliphatic rings. The summed E-state index contributed by atoms with van der Waals surface area (Å²) in [6, 6.07) is 14.5. The first-order valence-corrected chi connectivity index (χ1v) is 34.7. The van der Waals surface area contributed by atoms with Crippen molar-refractivity contribution in [1.29, 1.82) is 0 Å². The van der Waals surface area contributed by atoms with Crippen molar-refractivity contribution >= 4 is 11.4 Å². The topological polar surface area (TPSA) is 25.3 Å². The molecule has 2 aromatic carbocycles. The van der Waals surface area contributed by atoms with E-state index < -0.39 is 0 Å². The monoisotopic (exact) mass is 1070 g/mol. The zero-order valence-electron chi connectivity index (χ0n) is 52.8. The SMILES string of the molecule is CCCCC=CC1=C(c2cc(CCCC)ccc2CCC=CCCCCCCCCCCCCCCCCC)[N+](=[N-])C(c2cc(CCCC)ccc2CCC=CCCCCCCCCCCCCCCCCC)=C1CCCC. The van der Waals surface area contributed by atoms with Crippen molar-refractivity contribution in [2.24, 2.45) is 0 Å².